The van der Waals surface area contributed by atoms with Crippen LogP contribution in [0.2, 0.25) is 0 Å². The van der Waals surface area contributed by atoms with Gasteiger partial charge in [-0.25, -0.2) is 4.39 Å². The van der Waals surface area contributed by atoms with E-state index in [-0.39, 0.29) is 17.2 Å². The van der Waals surface area contributed by atoms with Gasteiger partial charge in [-0.3, -0.25) is 10.8 Å². The molecule has 0 unspecified atom stereocenters. The van der Waals surface area contributed by atoms with Crippen molar-refractivity contribution in [2.45, 2.75) is 59.3 Å². The van der Waals surface area contributed by atoms with Gasteiger partial charge in [0.15, 0.2) is 0 Å². The highest BCUT2D eigenvalue weighted by Gasteiger charge is 2.10. The molecule has 2 rings (SSSR count). The van der Waals surface area contributed by atoms with E-state index < -0.39 is 5.82 Å². The molecule has 0 heterocycles. The van der Waals surface area contributed by atoms with Gasteiger partial charge in [0.1, 0.15) is 29.0 Å². The lowest BCUT2D eigenvalue weighted by molar-refractivity contribution is 0.229. The molecule has 0 atom stereocenters. The van der Waals surface area contributed by atoms with E-state index in [1.54, 1.807) is 18.2 Å². The molecule has 33 heavy (non-hydrogen) atoms. The number of ether oxygens (including phenoxy) is 2. The Morgan fingerprint density at radius 2 is 1.45 bits per heavy atom. The van der Waals surface area contributed by atoms with Crippen molar-refractivity contribution < 1.29 is 13.9 Å². The molecular formula is C26H39FN4O2. The second-order valence-corrected chi connectivity index (χ2v) is 7.95. The van der Waals surface area contributed by atoms with Crippen molar-refractivity contribution in [2.24, 2.45) is 17.4 Å². The van der Waals surface area contributed by atoms with Crippen LogP contribution in [0, 0.1) is 22.6 Å². The average Bonchev–Trinajstić information content (AvgIpc) is 2.78. The molecule has 0 aliphatic heterocycles. The van der Waals surface area contributed by atoms with Crippen LogP contribution in [0.25, 0.3) is 0 Å². The third-order valence-electron chi connectivity index (χ3n) is 5.04. The summed E-state index contributed by atoms with van der Waals surface area (Å²) in [6.07, 6.45) is 6.71. The van der Waals surface area contributed by atoms with E-state index in [4.69, 9.17) is 31.8 Å². The Kier molecular flexibility index (Phi) is 13.3. The minimum atomic E-state index is -0.507. The molecule has 0 bridgehead atoms. The Hall–Kier alpha value is -3.09. The van der Waals surface area contributed by atoms with Crippen LogP contribution >= 0.6 is 0 Å². The fraction of sp³-hybridized carbons (Fsp3) is 0.462. The number of hydrogen-bond donors (Lipinski definition) is 4. The molecule has 6 N–H and O–H groups in total. The van der Waals surface area contributed by atoms with Crippen molar-refractivity contribution in [3.05, 3.63) is 59.4 Å². The van der Waals surface area contributed by atoms with Crippen LogP contribution < -0.4 is 20.9 Å². The number of rotatable bonds is 13. The van der Waals surface area contributed by atoms with Crippen molar-refractivity contribution in [3.8, 4) is 11.5 Å². The Balaban J connectivity index is 0.000000346. The standard InChI is InChI=1S/C15H23FN2O.C11H16N2O/c1-3-5-11(6-4-2)10-19-12-7-8-13(15(17)18)14(16)9-12;1-2-3-8-14-10-6-4-9(5-7-10)11(12)13/h7-9,11H,3-6,10H2,1-2H3,(H3,17,18);4-7H,2-3,8H2,1H3,(H3,12,13). The molecule has 0 aromatic heterocycles. The first-order valence-electron chi connectivity index (χ1n) is 11.7. The van der Waals surface area contributed by atoms with Gasteiger partial charge >= 0.3 is 0 Å². The number of hydrogen-bond acceptors (Lipinski definition) is 4. The number of nitrogen functional groups attached to an aromatic ring is 2. The maximum atomic E-state index is 13.6. The second kappa shape index (κ2) is 15.7. The number of benzene rings is 2. The van der Waals surface area contributed by atoms with E-state index in [9.17, 15) is 4.39 Å². The first-order chi connectivity index (χ1) is 15.8. The van der Waals surface area contributed by atoms with Crippen molar-refractivity contribution in [2.75, 3.05) is 13.2 Å². The maximum Gasteiger partial charge on any atom is 0.137 e. The Morgan fingerprint density at radius 3 is 1.94 bits per heavy atom. The molecule has 0 aliphatic carbocycles. The van der Waals surface area contributed by atoms with Crippen LogP contribution in [0.5, 0.6) is 11.5 Å². The quantitative estimate of drug-likeness (QED) is 0.171. The van der Waals surface area contributed by atoms with E-state index in [0.29, 0.717) is 18.3 Å². The molecule has 2 aromatic carbocycles. The lowest BCUT2D eigenvalue weighted by Gasteiger charge is -2.16. The Labute approximate surface area is 197 Å². The van der Waals surface area contributed by atoms with Crippen molar-refractivity contribution >= 4 is 11.7 Å². The second-order valence-electron chi connectivity index (χ2n) is 7.95. The van der Waals surface area contributed by atoms with E-state index >= 15 is 0 Å². The van der Waals surface area contributed by atoms with Crippen LogP contribution in [-0.4, -0.2) is 24.9 Å². The van der Waals surface area contributed by atoms with E-state index in [1.165, 1.54) is 12.1 Å². The Bertz CT molecular complexity index is 850. The number of unbranched alkanes of at least 4 members (excludes halogenated alkanes) is 1. The summed E-state index contributed by atoms with van der Waals surface area (Å²) in [6.45, 7) is 7.80. The summed E-state index contributed by atoms with van der Waals surface area (Å²) in [7, 11) is 0. The van der Waals surface area contributed by atoms with Gasteiger partial charge in [-0.1, -0.05) is 40.0 Å². The average molecular weight is 459 g/mol. The lowest BCUT2D eigenvalue weighted by Crippen LogP contribution is -2.14. The van der Waals surface area contributed by atoms with E-state index in [0.717, 1.165) is 56.4 Å². The summed E-state index contributed by atoms with van der Waals surface area (Å²) in [5, 5.41) is 14.4. The SMILES string of the molecule is CCCC(CCC)COc1ccc(C(=N)N)c(F)c1.CCCCOc1ccc(C(=N)N)cc1. The van der Waals surface area contributed by atoms with Crippen LogP contribution in [0.3, 0.4) is 0 Å². The zero-order chi connectivity index (χ0) is 24.6. The summed E-state index contributed by atoms with van der Waals surface area (Å²) < 4.78 is 24.7. The number of halogens is 1. The summed E-state index contributed by atoms with van der Waals surface area (Å²) in [5.74, 6) is 1.17. The molecule has 0 aliphatic rings. The molecule has 0 radical (unpaired) electrons. The number of nitrogens with one attached hydrogen (secondary N) is 2. The highest BCUT2D eigenvalue weighted by molar-refractivity contribution is 5.95. The van der Waals surface area contributed by atoms with Crippen molar-refractivity contribution in [3.63, 3.8) is 0 Å². The molecule has 0 fully saturated rings. The maximum absolute atomic E-state index is 13.6. The molecular weight excluding hydrogens is 419 g/mol. The van der Waals surface area contributed by atoms with Crippen molar-refractivity contribution in [1.82, 2.24) is 0 Å². The molecule has 182 valence electrons. The Morgan fingerprint density at radius 1 is 0.848 bits per heavy atom. The number of amidine groups is 2. The highest BCUT2D eigenvalue weighted by atomic mass is 19.1. The van der Waals surface area contributed by atoms with Crippen molar-refractivity contribution in [1.29, 1.82) is 10.8 Å². The van der Waals surface area contributed by atoms with Crippen LogP contribution in [0.4, 0.5) is 4.39 Å². The summed E-state index contributed by atoms with van der Waals surface area (Å²) in [4.78, 5) is 0. The van der Waals surface area contributed by atoms with Gasteiger partial charge in [0.25, 0.3) is 0 Å². The normalized spacial score (nSPS) is 10.3. The minimum Gasteiger partial charge on any atom is -0.494 e. The first-order valence-corrected chi connectivity index (χ1v) is 11.7. The van der Waals surface area contributed by atoms with E-state index in [2.05, 4.69) is 20.8 Å². The third-order valence-corrected chi connectivity index (χ3v) is 5.04. The summed E-state index contributed by atoms with van der Waals surface area (Å²) >= 11 is 0. The molecule has 2 aromatic rings. The summed E-state index contributed by atoms with van der Waals surface area (Å²) in [5.41, 5.74) is 11.4. The largest absolute Gasteiger partial charge is 0.494 e. The van der Waals surface area contributed by atoms with Crippen LogP contribution in [0.1, 0.15) is 70.4 Å². The zero-order valence-electron chi connectivity index (χ0n) is 20.1. The fourth-order valence-corrected chi connectivity index (χ4v) is 3.21. The molecule has 0 spiro atoms. The predicted octanol–water partition coefficient (Wildman–Crippen LogP) is 5.85. The minimum absolute atomic E-state index is 0.0881. The van der Waals surface area contributed by atoms with Crippen LogP contribution in [-0.2, 0) is 0 Å². The molecule has 0 saturated carbocycles. The van der Waals surface area contributed by atoms with Gasteiger partial charge < -0.3 is 20.9 Å². The lowest BCUT2D eigenvalue weighted by atomic mass is 9.99. The van der Waals surface area contributed by atoms with E-state index in [1.807, 2.05) is 12.1 Å². The zero-order valence-corrected chi connectivity index (χ0v) is 20.1. The van der Waals surface area contributed by atoms with Crippen LogP contribution in [0.15, 0.2) is 42.5 Å². The molecule has 0 amide bonds. The van der Waals surface area contributed by atoms with Gasteiger partial charge in [-0.2, -0.15) is 0 Å². The van der Waals surface area contributed by atoms with Gasteiger partial charge in [-0.05, 0) is 61.6 Å². The number of nitrogens with two attached hydrogens (primary N) is 2. The van der Waals surface area contributed by atoms with Gasteiger partial charge in [0.05, 0.1) is 18.8 Å². The first kappa shape index (κ1) is 27.9. The predicted molar refractivity (Wildman–Crippen MR) is 134 cm³/mol. The third kappa shape index (κ3) is 10.9. The van der Waals surface area contributed by atoms with Gasteiger partial charge in [0, 0.05) is 11.6 Å². The van der Waals surface area contributed by atoms with Gasteiger partial charge in [-0.15, -0.1) is 0 Å². The monoisotopic (exact) mass is 458 g/mol. The molecule has 0 saturated heterocycles. The topological polar surface area (TPSA) is 118 Å². The molecule has 6 nitrogen and oxygen atoms in total. The highest BCUT2D eigenvalue weighted by Crippen LogP contribution is 2.20. The smallest absolute Gasteiger partial charge is 0.137 e. The summed E-state index contributed by atoms with van der Waals surface area (Å²) in [6, 6.07) is 11.7. The van der Waals surface area contributed by atoms with Gasteiger partial charge in [0.2, 0.25) is 0 Å². The fourth-order valence-electron chi connectivity index (χ4n) is 3.21. The molecule has 7 heteroatoms.